The number of furan rings is 1. The fourth-order valence-corrected chi connectivity index (χ4v) is 3.35. The SMILES string of the molecule is C=CCN(CC(=O)N(Cc1ccccc1)Cc1ccco1)C(=O)Nc1cccc(C)c1C. The lowest BCUT2D eigenvalue weighted by Crippen LogP contribution is -2.44. The zero-order valence-corrected chi connectivity index (χ0v) is 18.6. The maximum Gasteiger partial charge on any atom is 0.322 e. The fourth-order valence-electron chi connectivity index (χ4n) is 3.35. The lowest BCUT2D eigenvalue weighted by Gasteiger charge is -2.27. The van der Waals surface area contributed by atoms with Crippen molar-refractivity contribution in [1.82, 2.24) is 9.80 Å². The van der Waals surface area contributed by atoms with Gasteiger partial charge in [0, 0.05) is 18.8 Å². The number of urea groups is 1. The third kappa shape index (κ3) is 6.11. The van der Waals surface area contributed by atoms with Crippen molar-refractivity contribution in [3.8, 4) is 0 Å². The number of nitrogens with one attached hydrogen (secondary N) is 1. The van der Waals surface area contributed by atoms with Crippen molar-refractivity contribution in [2.24, 2.45) is 0 Å². The minimum Gasteiger partial charge on any atom is -0.467 e. The fraction of sp³-hybridized carbons (Fsp3) is 0.231. The van der Waals surface area contributed by atoms with Crippen molar-refractivity contribution in [2.45, 2.75) is 26.9 Å². The van der Waals surface area contributed by atoms with Gasteiger partial charge in [-0.2, -0.15) is 0 Å². The van der Waals surface area contributed by atoms with E-state index in [-0.39, 0.29) is 25.0 Å². The van der Waals surface area contributed by atoms with Crippen LogP contribution in [0.3, 0.4) is 0 Å². The molecule has 3 aromatic rings. The van der Waals surface area contributed by atoms with E-state index in [9.17, 15) is 9.59 Å². The van der Waals surface area contributed by atoms with Crippen LogP contribution in [0.15, 0.2) is 84.0 Å². The molecule has 3 rings (SSSR count). The van der Waals surface area contributed by atoms with Gasteiger partial charge in [-0.1, -0.05) is 48.5 Å². The highest BCUT2D eigenvalue weighted by molar-refractivity contribution is 5.93. The Labute approximate surface area is 189 Å². The molecule has 3 amide bonds. The number of aryl methyl sites for hydroxylation is 1. The normalized spacial score (nSPS) is 10.4. The highest BCUT2D eigenvalue weighted by atomic mass is 16.3. The van der Waals surface area contributed by atoms with E-state index >= 15 is 0 Å². The first-order chi connectivity index (χ1) is 15.5. The molecule has 6 nitrogen and oxygen atoms in total. The minimum atomic E-state index is -0.343. The largest absolute Gasteiger partial charge is 0.467 e. The van der Waals surface area contributed by atoms with E-state index in [2.05, 4.69) is 11.9 Å². The third-order valence-electron chi connectivity index (χ3n) is 5.30. The Morgan fingerprint density at radius 2 is 1.75 bits per heavy atom. The summed E-state index contributed by atoms with van der Waals surface area (Å²) in [6, 6.07) is 18.8. The lowest BCUT2D eigenvalue weighted by molar-refractivity contribution is -0.133. The standard InChI is InChI=1S/C26H29N3O3/c1-4-15-28(26(31)27-24-14-8-10-20(2)21(24)3)19-25(30)29(18-23-13-9-16-32-23)17-22-11-6-5-7-12-22/h4-14,16H,1,15,17-19H2,2-3H3,(H,27,31). The predicted octanol–water partition coefficient (Wildman–Crippen LogP) is 5.15. The molecule has 0 fully saturated rings. The molecule has 32 heavy (non-hydrogen) atoms. The van der Waals surface area contributed by atoms with Crippen LogP contribution in [0.2, 0.25) is 0 Å². The summed E-state index contributed by atoms with van der Waals surface area (Å²) in [5, 5.41) is 2.93. The topological polar surface area (TPSA) is 65.8 Å². The van der Waals surface area contributed by atoms with Gasteiger partial charge >= 0.3 is 6.03 Å². The van der Waals surface area contributed by atoms with Crippen molar-refractivity contribution >= 4 is 17.6 Å². The van der Waals surface area contributed by atoms with Gasteiger partial charge in [0.05, 0.1) is 12.8 Å². The zero-order valence-electron chi connectivity index (χ0n) is 18.6. The van der Waals surface area contributed by atoms with E-state index < -0.39 is 0 Å². The number of hydrogen-bond acceptors (Lipinski definition) is 3. The number of rotatable bonds is 9. The highest BCUT2D eigenvalue weighted by Crippen LogP contribution is 2.19. The second-order valence-corrected chi connectivity index (χ2v) is 7.66. The average Bonchev–Trinajstić information content (AvgIpc) is 3.30. The zero-order chi connectivity index (χ0) is 22.9. The number of carbonyl (C=O) groups excluding carboxylic acids is 2. The van der Waals surface area contributed by atoms with Crippen LogP contribution in [0, 0.1) is 13.8 Å². The Morgan fingerprint density at radius 1 is 0.969 bits per heavy atom. The number of anilines is 1. The second kappa shape index (κ2) is 11.0. The van der Waals surface area contributed by atoms with Gasteiger partial charge in [0.15, 0.2) is 0 Å². The molecular weight excluding hydrogens is 402 g/mol. The average molecular weight is 432 g/mol. The van der Waals surface area contributed by atoms with E-state index in [1.165, 1.54) is 4.90 Å². The molecule has 6 heteroatoms. The molecular formula is C26H29N3O3. The minimum absolute atomic E-state index is 0.0732. The monoisotopic (exact) mass is 431 g/mol. The molecule has 1 heterocycles. The van der Waals surface area contributed by atoms with Crippen LogP contribution in [0.5, 0.6) is 0 Å². The van der Waals surface area contributed by atoms with Gasteiger partial charge in [-0.15, -0.1) is 6.58 Å². The van der Waals surface area contributed by atoms with Crippen molar-refractivity contribution < 1.29 is 14.0 Å². The molecule has 0 aliphatic rings. The molecule has 0 atom stereocenters. The number of benzene rings is 2. The van der Waals surface area contributed by atoms with E-state index in [1.807, 2.05) is 68.4 Å². The van der Waals surface area contributed by atoms with Crippen LogP contribution in [0.25, 0.3) is 0 Å². The Hall–Kier alpha value is -3.80. The summed E-state index contributed by atoms with van der Waals surface area (Å²) >= 11 is 0. The summed E-state index contributed by atoms with van der Waals surface area (Å²) in [5.41, 5.74) is 3.81. The molecule has 2 aromatic carbocycles. The molecule has 0 saturated heterocycles. The van der Waals surface area contributed by atoms with Crippen LogP contribution in [0.1, 0.15) is 22.5 Å². The third-order valence-corrected chi connectivity index (χ3v) is 5.30. The van der Waals surface area contributed by atoms with Gasteiger partial charge in [-0.3, -0.25) is 4.79 Å². The molecule has 1 aromatic heterocycles. The van der Waals surface area contributed by atoms with Crippen LogP contribution in [-0.2, 0) is 17.9 Å². The van der Waals surface area contributed by atoms with Crippen molar-refractivity contribution in [3.63, 3.8) is 0 Å². The number of carbonyl (C=O) groups is 2. The van der Waals surface area contributed by atoms with Crippen LogP contribution < -0.4 is 5.32 Å². The molecule has 0 aliphatic carbocycles. The molecule has 0 bridgehead atoms. The summed E-state index contributed by atoms with van der Waals surface area (Å²) in [6.07, 6.45) is 3.20. The Balaban J connectivity index is 1.75. The van der Waals surface area contributed by atoms with Crippen LogP contribution in [0.4, 0.5) is 10.5 Å². The highest BCUT2D eigenvalue weighted by Gasteiger charge is 2.22. The summed E-state index contributed by atoms with van der Waals surface area (Å²) in [4.78, 5) is 29.4. The molecule has 0 saturated carbocycles. The Kier molecular flexibility index (Phi) is 7.86. The second-order valence-electron chi connectivity index (χ2n) is 7.66. The number of amides is 3. The molecule has 0 radical (unpaired) electrons. The van der Waals surface area contributed by atoms with Gasteiger partial charge in [0.25, 0.3) is 0 Å². The Morgan fingerprint density at radius 3 is 2.44 bits per heavy atom. The van der Waals surface area contributed by atoms with Crippen LogP contribution in [-0.4, -0.2) is 34.8 Å². The Bertz CT molecular complexity index is 1050. The summed E-state index contributed by atoms with van der Waals surface area (Å²) < 4.78 is 5.45. The maximum atomic E-state index is 13.3. The molecule has 0 aliphatic heterocycles. The van der Waals surface area contributed by atoms with E-state index in [0.29, 0.717) is 18.8 Å². The molecule has 0 unspecified atom stereocenters. The van der Waals surface area contributed by atoms with Crippen LogP contribution >= 0.6 is 0 Å². The first-order valence-corrected chi connectivity index (χ1v) is 10.5. The first-order valence-electron chi connectivity index (χ1n) is 10.5. The summed E-state index contributed by atoms with van der Waals surface area (Å²) in [6.45, 7) is 8.61. The smallest absolute Gasteiger partial charge is 0.322 e. The predicted molar refractivity (Wildman–Crippen MR) is 126 cm³/mol. The maximum absolute atomic E-state index is 13.3. The van der Waals surface area contributed by atoms with Crippen molar-refractivity contribution in [1.29, 1.82) is 0 Å². The molecule has 166 valence electrons. The van der Waals surface area contributed by atoms with Gasteiger partial charge in [0.2, 0.25) is 5.91 Å². The van der Waals surface area contributed by atoms with Crippen molar-refractivity contribution in [3.05, 3.63) is 102 Å². The molecule has 0 spiro atoms. The van der Waals surface area contributed by atoms with Crippen molar-refractivity contribution in [2.75, 3.05) is 18.4 Å². The first kappa shape index (κ1) is 22.9. The molecule has 1 N–H and O–H groups in total. The van der Waals surface area contributed by atoms with Gasteiger partial charge in [0.1, 0.15) is 12.3 Å². The van der Waals surface area contributed by atoms with E-state index in [0.717, 1.165) is 22.4 Å². The van der Waals surface area contributed by atoms with E-state index in [1.54, 1.807) is 23.3 Å². The number of nitrogens with zero attached hydrogens (tertiary/aromatic N) is 2. The lowest BCUT2D eigenvalue weighted by atomic mass is 10.1. The van der Waals surface area contributed by atoms with E-state index in [4.69, 9.17) is 4.42 Å². The summed E-state index contributed by atoms with van der Waals surface area (Å²) in [5.74, 6) is 0.507. The van der Waals surface area contributed by atoms with Gasteiger partial charge < -0.3 is 19.5 Å². The van der Waals surface area contributed by atoms with Gasteiger partial charge in [-0.05, 0) is 48.7 Å². The quantitative estimate of drug-likeness (QED) is 0.477. The number of hydrogen-bond donors (Lipinski definition) is 1. The van der Waals surface area contributed by atoms with Gasteiger partial charge in [-0.25, -0.2) is 4.79 Å². The summed E-state index contributed by atoms with van der Waals surface area (Å²) in [7, 11) is 0.